The van der Waals surface area contributed by atoms with Crippen LogP contribution >= 0.6 is 7.82 Å². The van der Waals surface area contributed by atoms with E-state index in [1.807, 2.05) is 0 Å². The molecule has 0 aliphatic heterocycles. The van der Waals surface area contributed by atoms with Crippen LogP contribution in [0.3, 0.4) is 0 Å². The van der Waals surface area contributed by atoms with Crippen molar-refractivity contribution in [3.8, 4) is 0 Å². The number of hydrogen-bond acceptors (Lipinski definition) is 6. The third-order valence-corrected chi connectivity index (χ3v) is 7.34. The molecule has 0 fully saturated rings. The normalized spacial score (nSPS) is 13.1. The van der Waals surface area contributed by atoms with Gasteiger partial charge in [0, 0.05) is 12.8 Å². The number of carbonyl (C=O) groups excluding carboxylic acids is 2. The average Bonchev–Trinajstić information content (AvgIpc) is 2.98. The van der Waals surface area contributed by atoms with Crippen LogP contribution in [0.4, 0.5) is 0 Å². The molecule has 0 saturated carbocycles. The second-order valence-corrected chi connectivity index (χ2v) is 12.4. The van der Waals surface area contributed by atoms with Gasteiger partial charge in [-0.15, -0.1) is 0 Å². The second kappa shape index (κ2) is 31.0. The zero-order valence-corrected chi connectivity index (χ0v) is 28.4. The molecule has 0 saturated heterocycles. The lowest BCUT2D eigenvalue weighted by molar-refractivity contribution is -0.161. The van der Waals surface area contributed by atoms with Crippen molar-refractivity contribution in [1.29, 1.82) is 0 Å². The molecule has 0 aromatic carbocycles. The van der Waals surface area contributed by atoms with Gasteiger partial charge in [-0.3, -0.25) is 14.1 Å². The highest BCUT2D eigenvalue weighted by Crippen LogP contribution is 2.35. The number of allylic oxidation sites excluding steroid dienone is 8. The van der Waals surface area contributed by atoms with Crippen LogP contribution in [-0.2, 0) is 28.2 Å². The lowest BCUT2D eigenvalue weighted by atomic mass is 10.1. The van der Waals surface area contributed by atoms with Crippen LogP contribution in [0.1, 0.15) is 142 Å². The Bertz CT molecular complexity index is 859. The summed E-state index contributed by atoms with van der Waals surface area (Å²) in [6.07, 6.45) is 35.7. The molecule has 44 heavy (non-hydrogen) atoms. The number of rotatable bonds is 30. The van der Waals surface area contributed by atoms with Gasteiger partial charge in [-0.1, -0.05) is 120 Å². The third kappa shape index (κ3) is 32.9. The summed E-state index contributed by atoms with van der Waals surface area (Å²) in [6.45, 7) is 3.54. The SMILES string of the molecule is CCCCC/C=C/C/C=C/C/C=C/C/C=C/CCCCCC(=O)O[C@H](COC(=O)CCCCCCCCC)COP(=O)(O)O. The van der Waals surface area contributed by atoms with Crippen LogP contribution in [0.5, 0.6) is 0 Å². The molecular weight excluding hydrogens is 579 g/mol. The minimum Gasteiger partial charge on any atom is -0.462 e. The monoisotopic (exact) mass is 640 g/mol. The highest BCUT2D eigenvalue weighted by molar-refractivity contribution is 7.46. The first-order chi connectivity index (χ1) is 21.3. The predicted octanol–water partition coefficient (Wildman–Crippen LogP) is 9.62. The van der Waals surface area contributed by atoms with Gasteiger partial charge in [0.2, 0.25) is 0 Å². The minimum atomic E-state index is -4.75. The summed E-state index contributed by atoms with van der Waals surface area (Å²) in [6, 6.07) is 0. The van der Waals surface area contributed by atoms with E-state index < -0.39 is 32.5 Å². The van der Waals surface area contributed by atoms with Crippen LogP contribution in [-0.4, -0.2) is 41.0 Å². The number of phosphoric acid groups is 1. The first-order valence-electron chi connectivity index (χ1n) is 16.9. The number of ether oxygens (including phenoxy) is 2. The molecule has 0 aliphatic rings. The molecule has 8 nitrogen and oxygen atoms in total. The molecule has 0 spiro atoms. The quantitative estimate of drug-likeness (QED) is 0.0345. The first-order valence-corrected chi connectivity index (χ1v) is 18.5. The summed E-state index contributed by atoms with van der Waals surface area (Å²) in [5.41, 5.74) is 0. The molecule has 0 bridgehead atoms. The van der Waals surface area contributed by atoms with Crippen LogP contribution in [0, 0.1) is 0 Å². The van der Waals surface area contributed by atoms with Gasteiger partial charge in [0.25, 0.3) is 0 Å². The smallest absolute Gasteiger partial charge is 0.462 e. The Kier molecular flexibility index (Phi) is 29.6. The van der Waals surface area contributed by atoms with Gasteiger partial charge < -0.3 is 19.3 Å². The topological polar surface area (TPSA) is 119 Å². The van der Waals surface area contributed by atoms with E-state index >= 15 is 0 Å². The van der Waals surface area contributed by atoms with Crippen molar-refractivity contribution in [2.24, 2.45) is 0 Å². The molecule has 9 heteroatoms. The van der Waals surface area contributed by atoms with Gasteiger partial charge >= 0.3 is 19.8 Å². The van der Waals surface area contributed by atoms with Crippen LogP contribution in [0.15, 0.2) is 48.6 Å². The van der Waals surface area contributed by atoms with Crippen molar-refractivity contribution in [3.63, 3.8) is 0 Å². The second-order valence-electron chi connectivity index (χ2n) is 11.1. The van der Waals surface area contributed by atoms with E-state index in [1.54, 1.807) is 0 Å². The number of carbonyl (C=O) groups is 2. The molecule has 0 aromatic rings. The summed E-state index contributed by atoms with van der Waals surface area (Å²) in [4.78, 5) is 42.3. The van der Waals surface area contributed by atoms with Gasteiger partial charge in [0.15, 0.2) is 6.10 Å². The molecule has 2 N–H and O–H groups in total. The number of unbranched alkanes of at least 4 members (excludes halogenated alkanes) is 12. The van der Waals surface area contributed by atoms with E-state index in [1.165, 1.54) is 44.9 Å². The maximum atomic E-state index is 12.3. The highest BCUT2D eigenvalue weighted by Gasteiger charge is 2.22. The Balaban J connectivity index is 4.06. The molecular formula is C35H61O8P. The van der Waals surface area contributed by atoms with Gasteiger partial charge in [-0.2, -0.15) is 0 Å². The Hall–Kier alpha value is -1.99. The van der Waals surface area contributed by atoms with Gasteiger partial charge in [0.05, 0.1) is 6.61 Å². The summed E-state index contributed by atoms with van der Waals surface area (Å²) in [5, 5.41) is 0. The van der Waals surface area contributed by atoms with Crippen LogP contribution in [0.25, 0.3) is 0 Å². The van der Waals surface area contributed by atoms with Crippen molar-refractivity contribution in [3.05, 3.63) is 48.6 Å². The summed E-state index contributed by atoms with van der Waals surface area (Å²) in [5.74, 6) is -0.933. The predicted molar refractivity (Wildman–Crippen MR) is 179 cm³/mol. The molecule has 0 rings (SSSR count). The molecule has 0 radical (unpaired) electrons. The molecule has 1 atom stereocenters. The Morgan fingerprint density at radius 1 is 0.591 bits per heavy atom. The molecule has 0 aliphatic carbocycles. The van der Waals surface area contributed by atoms with Crippen LogP contribution < -0.4 is 0 Å². The molecule has 0 aromatic heterocycles. The zero-order valence-electron chi connectivity index (χ0n) is 27.5. The van der Waals surface area contributed by atoms with Gasteiger partial charge in [0.1, 0.15) is 6.61 Å². The maximum absolute atomic E-state index is 12.3. The Morgan fingerprint density at radius 2 is 1.02 bits per heavy atom. The standard InChI is InChI=1S/C35H61O8P/c1-3-5-7-9-11-12-13-14-15-16-17-18-19-20-21-22-24-26-28-30-35(37)43-33(32-42-44(38,39)40)31-41-34(36)29-27-25-23-10-8-6-4-2/h11-12,14-15,17-18,20-21,33H,3-10,13,16,19,22-32H2,1-2H3,(H2,38,39,40)/b12-11+,15-14+,18-17+,21-20+/t33-/m1/s1. The van der Waals surface area contributed by atoms with Crippen molar-refractivity contribution in [2.45, 2.75) is 148 Å². The Labute approximate surface area is 267 Å². The average molecular weight is 641 g/mol. The fraction of sp³-hybridized carbons (Fsp3) is 0.714. The molecule has 0 heterocycles. The molecule has 254 valence electrons. The molecule has 0 amide bonds. The number of hydrogen-bond donors (Lipinski definition) is 2. The number of esters is 2. The summed E-state index contributed by atoms with van der Waals surface area (Å²) in [7, 11) is -4.75. The molecule has 0 unspecified atom stereocenters. The highest BCUT2D eigenvalue weighted by atomic mass is 31.2. The fourth-order valence-electron chi connectivity index (χ4n) is 4.29. The van der Waals surface area contributed by atoms with E-state index in [0.29, 0.717) is 6.42 Å². The van der Waals surface area contributed by atoms with Crippen molar-refractivity contribution < 1.29 is 37.9 Å². The Morgan fingerprint density at radius 3 is 1.57 bits per heavy atom. The third-order valence-electron chi connectivity index (χ3n) is 6.85. The summed E-state index contributed by atoms with van der Waals surface area (Å²) < 4.78 is 26.1. The zero-order chi connectivity index (χ0) is 32.6. The van der Waals surface area contributed by atoms with Gasteiger partial charge in [-0.05, 0) is 57.8 Å². The van der Waals surface area contributed by atoms with Crippen molar-refractivity contribution >= 4 is 19.8 Å². The first kappa shape index (κ1) is 42.0. The summed E-state index contributed by atoms with van der Waals surface area (Å²) >= 11 is 0. The fourth-order valence-corrected chi connectivity index (χ4v) is 4.66. The van der Waals surface area contributed by atoms with E-state index in [9.17, 15) is 14.2 Å². The lowest BCUT2D eigenvalue weighted by Gasteiger charge is -2.18. The van der Waals surface area contributed by atoms with E-state index in [4.69, 9.17) is 19.3 Å². The van der Waals surface area contributed by atoms with Crippen molar-refractivity contribution in [1.82, 2.24) is 0 Å². The maximum Gasteiger partial charge on any atom is 0.469 e. The number of phosphoric ester groups is 1. The van der Waals surface area contributed by atoms with E-state index in [2.05, 4.69) is 67.0 Å². The lowest BCUT2D eigenvalue weighted by Crippen LogP contribution is -2.29. The largest absolute Gasteiger partial charge is 0.469 e. The van der Waals surface area contributed by atoms with Gasteiger partial charge in [-0.25, -0.2) is 4.57 Å². The van der Waals surface area contributed by atoms with Crippen LogP contribution in [0.2, 0.25) is 0 Å². The van der Waals surface area contributed by atoms with E-state index in [-0.39, 0.29) is 19.4 Å². The minimum absolute atomic E-state index is 0.174. The van der Waals surface area contributed by atoms with Crippen molar-refractivity contribution in [2.75, 3.05) is 13.2 Å². The van der Waals surface area contributed by atoms with E-state index in [0.717, 1.165) is 64.2 Å².